The van der Waals surface area contributed by atoms with Crippen molar-refractivity contribution in [3.8, 4) is 11.1 Å². The summed E-state index contributed by atoms with van der Waals surface area (Å²) >= 11 is 0. The lowest BCUT2D eigenvalue weighted by atomic mass is 10.0. The van der Waals surface area contributed by atoms with E-state index in [1.165, 1.54) is 19.4 Å². The second-order valence-electron chi connectivity index (χ2n) is 9.53. The number of nitrogens with zero attached hydrogens (tertiary/aromatic N) is 6. The van der Waals surface area contributed by atoms with Gasteiger partial charge in [0.1, 0.15) is 5.52 Å². The van der Waals surface area contributed by atoms with E-state index in [-0.39, 0.29) is 11.7 Å². The lowest BCUT2D eigenvalue weighted by Gasteiger charge is -2.20. The number of rotatable bonds is 7. The molecule has 0 unspecified atom stereocenters. The molecular weight excluding hydrogens is 428 g/mol. The maximum atomic E-state index is 12.8. The third-order valence-electron chi connectivity index (χ3n) is 6.91. The predicted octanol–water partition coefficient (Wildman–Crippen LogP) is 3.93. The molecule has 8 nitrogen and oxygen atoms in total. The van der Waals surface area contributed by atoms with Crippen LogP contribution in [0.15, 0.2) is 41.3 Å². The van der Waals surface area contributed by atoms with E-state index >= 15 is 0 Å². The highest BCUT2D eigenvalue weighted by molar-refractivity contribution is 6.02. The quantitative estimate of drug-likeness (QED) is 0.389. The molecule has 1 saturated heterocycles. The zero-order valence-electron chi connectivity index (χ0n) is 20.4. The summed E-state index contributed by atoms with van der Waals surface area (Å²) in [5.41, 5.74) is 5.05. The first-order valence-electron chi connectivity index (χ1n) is 12.1. The number of pyridine rings is 1. The first-order chi connectivity index (χ1) is 16.4. The fourth-order valence-electron chi connectivity index (χ4n) is 4.92. The Morgan fingerprint density at radius 2 is 1.97 bits per heavy atom. The number of imidazole rings is 1. The van der Waals surface area contributed by atoms with Gasteiger partial charge in [0.15, 0.2) is 5.65 Å². The zero-order valence-corrected chi connectivity index (χ0v) is 20.4. The minimum atomic E-state index is -0.0811. The van der Waals surface area contributed by atoms with Gasteiger partial charge in [0.2, 0.25) is 0 Å². The van der Waals surface area contributed by atoms with Gasteiger partial charge in [-0.2, -0.15) is 0 Å². The van der Waals surface area contributed by atoms with Gasteiger partial charge in [-0.1, -0.05) is 12.1 Å². The van der Waals surface area contributed by atoms with Gasteiger partial charge >= 0.3 is 5.69 Å². The molecule has 0 saturated carbocycles. The number of fused-ring (bicyclic) bond motifs is 3. The van der Waals surface area contributed by atoms with Crippen molar-refractivity contribution in [1.82, 2.24) is 29.2 Å². The second-order valence-corrected chi connectivity index (χ2v) is 9.53. The molecule has 1 aliphatic heterocycles. The van der Waals surface area contributed by atoms with E-state index in [9.17, 15) is 4.79 Å². The van der Waals surface area contributed by atoms with Crippen LogP contribution in [0, 0.1) is 0 Å². The molecular formula is C26H32N6O2. The van der Waals surface area contributed by atoms with E-state index in [0.717, 1.165) is 46.4 Å². The van der Waals surface area contributed by atoms with Gasteiger partial charge < -0.3 is 4.74 Å². The third kappa shape index (κ3) is 4.12. The smallest absolute Gasteiger partial charge is 0.330 e. The standard InChI is InChI=1S/C26H32N6O2/c1-17(2)32-24-22-14-19(8-10-23(22)28-29-25(24)30(4)26(32)33)20-7-9-21(27-15-20)16-34-13-12-31-11-5-6-18(31)3/h7-10,14-15,17-18H,5-6,11-13,16H2,1-4H3/t18-/m1/s1. The fourth-order valence-corrected chi connectivity index (χ4v) is 4.92. The van der Waals surface area contributed by atoms with Crippen LogP contribution in [0.1, 0.15) is 45.3 Å². The van der Waals surface area contributed by atoms with Gasteiger partial charge in [-0.3, -0.25) is 19.0 Å². The van der Waals surface area contributed by atoms with Crippen molar-refractivity contribution in [1.29, 1.82) is 0 Å². The molecule has 4 aromatic rings. The van der Waals surface area contributed by atoms with Crippen LogP contribution in [0.4, 0.5) is 0 Å². The van der Waals surface area contributed by atoms with Crippen LogP contribution in [0.5, 0.6) is 0 Å². The molecule has 1 aliphatic rings. The Hall–Kier alpha value is -3.10. The van der Waals surface area contributed by atoms with E-state index in [1.54, 1.807) is 16.2 Å². The molecule has 0 amide bonds. The van der Waals surface area contributed by atoms with Crippen LogP contribution in [-0.4, -0.2) is 55.0 Å². The van der Waals surface area contributed by atoms with Crippen LogP contribution in [-0.2, 0) is 18.4 Å². The summed E-state index contributed by atoms with van der Waals surface area (Å²) in [7, 11) is 1.74. The van der Waals surface area contributed by atoms with Crippen LogP contribution in [0.3, 0.4) is 0 Å². The molecule has 0 bridgehead atoms. The van der Waals surface area contributed by atoms with Crippen LogP contribution in [0.2, 0.25) is 0 Å². The fraction of sp³-hybridized carbons (Fsp3) is 0.462. The highest BCUT2D eigenvalue weighted by Gasteiger charge is 2.20. The van der Waals surface area contributed by atoms with Crippen molar-refractivity contribution in [3.63, 3.8) is 0 Å². The molecule has 1 fully saturated rings. The Bertz CT molecular complexity index is 1370. The van der Waals surface area contributed by atoms with E-state index in [1.807, 2.05) is 38.2 Å². The largest absolute Gasteiger partial charge is 0.374 e. The Morgan fingerprint density at radius 3 is 2.68 bits per heavy atom. The first-order valence-corrected chi connectivity index (χ1v) is 12.1. The van der Waals surface area contributed by atoms with Crippen LogP contribution in [0.25, 0.3) is 33.2 Å². The third-order valence-corrected chi connectivity index (χ3v) is 6.91. The van der Waals surface area contributed by atoms with Gasteiger partial charge in [-0.25, -0.2) is 4.79 Å². The van der Waals surface area contributed by atoms with Crippen molar-refractivity contribution >= 4 is 22.1 Å². The molecule has 0 N–H and O–H groups in total. The minimum absolute atomic E-state index is 0.0156. The Balaban J connectivity index is 1.37. The Morgan fingerprint density at radius 1 is 1.15 bits per heavy atom. The maximum Gasteiger partial charge on any atom is 0.330 e. The molecule has 8 heteroatoms. The highest BCUT2D eigenvalue weighted by Crippen LogP contribution is 2.28. The molecule has 178 valence electrons. The van der Waals surface area contributed by atoms with Crippen LogP contribution < -0.4 is 5.69 Å². The predicted molar refractivity (Wildman–Crippen MR) is 134 cm³/mol. The molecule has 1 aromatic carbocycles. The molecule has 0 radical (unpaired) electrons. The van der Waals surface area contributed by atoms with Gasteiger partial charge in [0.25, 0.3) is 0 Å². The normalized spacial score (nSPS) is 16.9. The van der Waals surface area contributed by atoms with Crippen molar-refractivity contribution in [2.45, 2.75) is 52.3 Å². The molecule has 0 spiro atoms. The van der Waals surface area contributed by atoms with E-state index in [0.29, 0.717) is 18.3 Å². The van der Waals surface area contributed by atoms with Crippen LogP contribution >= 0.6 is 0 Å². The van der Waals surface area contributed by atoms with Gasteiger partial charge in [-0.05, 0) is 63.9 Å². The molecule has 5 rings (SSSR count). The van der Waals surface area contributed by atoms with Crippen molar-refractivity contribution in [2.24, 2.45) is 7.05 Å². The van der Waals surface area contributed by atoms with E-state index in [4.69, 9.17) is 4.74 Å². The van der Waals surface area contributed by atoms with Crippen molar-refractivity contribution in [2.75, 3.05) is 19.7 Å². The minimum Gasteiger partial charge on any atom is -0.374 e. The van der Waals surface area contributed by atoms with Gasteiger partial charge in [-0.15, -0.1) is 10.2 Å². The number of likely N-dealkylation sites (tertiary alicyclic amines) is 1. The Labute approximate surface area is 199 Å². The molecule has 34 heavy (non-hydrogen) atoms. The average Bonchev–Trinajstić information content (AvgIpc) is 3.37. The van der Waals surface area contributed by atoms with E-state index in [2.05, 4.69) is 39.1 Å². The summed E-state index contributed by atoms with van der Waals surface area (Å²) < 4.78 is 9.23. The van der Waals surface area contributed by atoms with E-state index < -0.39 is 0 Å². The van der Waals surface area contributed by atoms with Crippen molar-refractivity contribution < 1.29 is 4.74 Å². The lowest BCUT2D eigenvalue weighted by Crippen LogP contribution is -2.30. The summed E-state index contributed by atoms with van der Waals surface area (Å²) in [4.78, 5) is 19.9. The van der Waals surface area contributed by atoms with Gasteiger partial charge in [0.05, 0.1) is 24.4 Å². The number of hydrogen-bond acceptors (Lipinski definition) is 6. The topological polar surface area (TPSA) is 78.1 Å². The zero-order chi connectivity index (χ0) is 23.8. The molecule has 1 atom stereocenters. The molecule has 3 aromatic heterocycles. The Kier molecular flexibility index (Phi) is 6.18. The summed E-state index contributed by atoms with van der Waals surface area (Å²) in [5, 5.41) is 9.58. The number of aryl methyl sites for hydroxylation is 1. The monoisotopic (exact) mass is 460 g/mol. The second kappa shape index (κ2) is 9.27. The van der Waals surface area contributed by atoms with Gasteiger partial charge in [0, 0.05) is 42.8 Å². The number of aromatic nitrogens is 5. The number of ether oxygens (including phenoxy) is 1. The summed E-state index contributed by atoms with van der Waals surface area (Å²) in [6.45, 7) is 9.70. The molecule has 0 aliphatic carbocycles. The summed E-state index contributed by atoms with van der Waals surface area (Å²) in [6, 6.07) is 10.8. The average molecular weight is 461 g/mol. The van der Waals surface area contributed by atoms with Crippen molar-refractivity contribution in [3.05, 3.63) is 52.7 Å². The highest BCUT2D eigenvalue weighted by atomic mass is 16.5. The summed E-state index contributed by atoms with van der Waals surface area (Å²) in [5.74, 6) is 0. The maximum absolute atomic E-state index is 12.8. The number of benzene rings is 1. The number of hydrogen-bond donors (Lipinski definition) is 0. The summed E-state index contributed by atoms with van der Waals surface area (Å²) in [6.07, 6.45) is 4.46. The lowest BCUT2D eigenvalue weighted by molar-refractivity contribution is 0.0889. The first kappa shape index (κ1) is 22.7. The SMILES string of the molecule is CC(C)n1c(=O)n(C)c2nnc3ccc(-c4ccc(COCCN5CCC[C@H]5C)nc4)cc3c21. The molecule has 4 heterocycles.